The van der Waals surface area contributed by atoms with Gasteiger partial charge in [0.1, 0.15) is 5.82 Å². The molecule has 2 aliphatic carbocycles. The first-order valence-electron chi connectivity index (χ1n) is 7.37. The molecule has 1 aromatic rings. The number of nitrogens with one attached hydrogen (secondary N) is 1. The normalized spacial score (nSPS) is 21.4. The number of hydrogen-bond donors (Lipinski definition) is 2. The van der Waals surface area contributed by atoms with Crippen LogP contribution in [-0.4, -0.2) is 18.0 Å². The monoisotopic (exact) mass is 312 g/mol. The van der Waals surface area contributed by atoms with Crippen molar-refractivity contribution in [3.05, 3.63) is 35.6 Å². The molecular formula is C16H22ClFN2O. The molecule has 0 atom stereocenters. The Kier molecular flexibility index (Phi) is 4.59. The predicted octanol–water partition coefficient (Wildman–Crippen LogP) is 2.67. The molecule has 3 rings (SSSR count). The van der Waals surface area contributed by atoms with E-state index in [1.807, 2.05) is 12.1 Å². The summed E-state index contributed by atoms with van der Waals surface area (Å²) in [7, 11) is 0. The molecule has 0 spiro atoms. The fraction of sp³-hybridized carbons (Fsp3) is 0.562. The predicted molar refractivity (Wildman–Crippen MR) is 83.0 cm³/mol. The first-order valence-corrected chi connectivity index (χ1v) is 7.37. The molecule has 2 fully saturated rings. The van der Waals surface area contributed by atoms with E-state index < -0.39 is 5.54 Å². The van der Waals surface area contributed by atoms with E-state index >= 15 is 0 Å². The number of amides is 1. The highest BCUT2D eigenvalue weighted by Gasteiger charge is 2.45. The van der Waals surface area contributed by atoms with Crippen LogP contribution in [0.4, 0.5) is 4.39 Å². The van der Waals surface area contributed by atoms with Crippen molar-refractivity contribution >= 4 is 18.3 Å². The van der Waals surface area contributed by atoms with E-state index in [-0.39, 0.29) is 29.5 Å². The first-order chi connectivity index (χ1) is 9.54. The molecule has 5 heteroatoms. The Morgan fingerprint density at radius 3 is 2.24 bits per heavy atom. The zero-order valence-corrected chi connectivity index (χ0v) is 12.8. The Balaban J connectivity index is 0.00000161. The van der Waals surface area contributed by atoms with Gasteiger partial charge in [0.05, 0.1) is 5.54 Å². The van der Waals surface area contributed by atoms with E-state index in [4.69, 9.17) is 5.73 Å². The second-order valence-corrected chi connectivity index (χ2v) is 6.33. The summed E-state index contributed by atoms with van der Waals surface area (Å²) in [4.78, 5) is 12.2. The van der Waals surface area contributed by atoms with Gasteiger partial charge in [0.25, 0.3) is 0 Å². The van der Waals surface area contributed by atoms with Gasteiger partial charge in [-0.25, -0.2) is 4.39 Å². The smallest absolute Gasteiger partial charge is 0.240 e. The van der Waals surface area contributed by atoms with Crippen molar-refractivity contribution in [2.45, 2.75) is 49.5 Å². The lowest BCUT2D eigenvalue weighted by Crippen LogP contribution is -2.53. The van der Waals surface area contributed by atoms with Crippen molar-refractivity contribution in [1.29, 1.82) is 0 Å². The maximum atomic E-state index is 13.0. The van der Waals surface area contributed by atoms with Crippen LogP contribution in [0.1, 0.15) is 44.1 Å². The van der Waals surface area contributed by atoms with Gasteiger partial charge in [-0.3, -0.25) is 4.79 Å². The number of carbonyl (C=O) groups excluding carboxylic acids is 1. The van der Waals surface area contributed by atoms with Crippen LogP contribution in [0.2, 0.25) is 0 Å². The summed E-state index contributed by atoms with van der Waals surface area (Å²) in [5, 5.41) is 3.02. The second-order valence-electron chi connectivity index (χ2n) is 6.33. The standard InChI is InChI=1S/C16H21FN2O.ClH/c17-13-5-3-12(4-6-13)15(9-10-15)11-19-14(20)16(18)7-1-2-8-16;/h3-6H,1-2,7-11,18H2,(H,19,20);1H. The van der Waals surface area contributed by atoms with Gasteiger partial charge < -0.3 is 11.1 Å². The van der Waals surface area contributed by atoms with Crippen molar-refractivity contribution in [3.8, 4) is 0 Å². The van der Waals surface area contributed by atoms with Crippen LogP contribution in [0.15, 0.2) is 24.3 Å². The van der Waals surface area contributed by atoms with Crippen molar-refractivity contribution < 1.29 is 9.18 Å². The molecule has 3 N–H and O–H groups in total. The van der Waals surface area contributed by atoms with Crippen LogP contribution in [0, 0.1) is 5.82 Å². The molecular weight excluding hydrogens is 291 g/mol. The maximum absolute atomic E-state index is 13.0. The molecule has 0 bridgehead atoms. The fourth-order valence-corrected chi connectivity index (χ4v) is 3.18. The van der Waals surface area contributed by atoms with Crippen molar-refractivity contribution in [2.75, 3.05) is 6.54 Å². The topological polar surface area (TPSA) is 55.1 Å². The minimum absolute atomic E-state index is 0. The summed E-state index contributed by atoms with van der Waals surface area (Å²) in [6.45, 7) is 0.608. The lowest BCUT2D eigenvalue weighted by molar-refractivity contribution is -0.126. The average molecular weight is 313 g/mol. The Hall–Kier alpha value is -1.13. The molecule has 0 heterocycles. The number of hydrogen-bond acceptors (Lipinski definition) is 2. The lowest BCUT2D eigenvalue weighted by Gasteiger charge is -2.24. The van der Waals surface area contributed by atoms with Gasteiger partial charge in [-0.1, -0.05) is 25.0 Å². The average Bonchev–Trinajstić information content (AvgIpc) is 3.11. The Morgan fingerprint density at radius 2 is 1.71 bits per heavy atom. The van der Waals surface area contributed by atoms with Gasteiger partial charge in [0.2, 0.25) is 5.91 Å². The molecule has 21 heavy (non-hydrogen) atoms. The highest BCUT2D eigenvalue weighted by molar-refractivity contribution is 5.86. The minimum Gasteiger partial charge on any atom is -0.354 e. The molecule has 0 aromatic heterocycles. The van der Waals surface area contributed by atoms with Crippen LogP contribution in [0.25, 0.3) is 0 Å². The van der Waals surface area contributed by atoms with Gasteiger partial charge in [0.15, 0.2) is 0 Å². The molecule has 0 saturated heterocycles. The summed E-state index contributed by atoms with van der Waals surface area (Å²) in [5.41, 5.74) is 6.59. The van der Waals surface area contributed by atoms with Crippen LogP contribution < -0.4 is 11.1 Å². The SMILES string of the molecule is Cl.NC1(C(=O)NCC2(c3ccc(F)cc3)CC2)CCCC1. The molecule has 1 amide bonds. The largest absolute Gasteiger partial charge is 0.354 e. The summed E-state index contributed by atoms with van der Waals surface area (Å²) in [6.07, 6.45) is 5.71. The van der Waals surface area contributed by atoms with Crippen molar-refractivity contribution in [1.82, 2.24) is 5.32 Å². The third-order valence-electron chi connectivity index (χ3n) is 4.85. The number of halogens is 2. The number of nitrogens with two attached hydrogens (primary N) is 1. The summed E-state index contributed by atoms with van der Waals surface area (Å²) in [6, 6.07) is 6.61. The van der Waals surface area contributed by atoms with Crippen molar-refractivity contribution in [2.24, 2.45) is 5.73 Å². The zero-order valence-electron chi connectivity index (χ0n) is 12.0. The number of benzene rings is 1. The highest BCUT2D eigenvalue weighted by atomic mass is 35.5. The van der Waals surface area contributed by atoms with Gasteiger partial charge in [-0.05, 0) is 43.4 Å². The van der Waals surface area contributed by atoms with E-state index in [2.05, 4.69) is 5.32 Å². The first kappa shape index (κ1) is 16.2. The zero-order chi connectivity index (χ0) is 14.2. The highest BCUT2D eigenvalue weighted by Crippen LogP contribution is 2.47. The van der Waals surface area contributed by atoms with Gasteiger partial charge in [-0.2, -0.15) is 0 Å². The Morgan fingerprint density at radius 1 is 1.14 bits per heavy atom. The maximum Gasteiger partial charge on any atom is 0.240 e. The second kappa shape index (κ2) is 5.93. The van der Waals surface area contributed by atoms with Crippen molar-refractivity contribution in [3.63, 3.8) is 0 Å². The van der Waals surface area contributed by atoms with Gasteiger partial charge in [-0.15, -0.1) is 12.4 Å². The molecule has 2 aliphatic rings. The van der Waals surface area contributed by atoms with Crippen LogP contribution in [-0.2, 0) is 10.2 Å². The van der Waals surface area contributed by atoms with Gasteiger partial charge in [0, 0.05) is 12.0 Å². The van der Waals surface area contributed by atoms with E-state index in [0.717, 1.165) is 44.1 Å². The molecule has 3 nitrogen and oxygen atoms in total. The van der Waals surface area contributed by atoms with Crippen LogP contribution in [0.3, 0.4) is 0 Å². The molecule has 116 valence electrons. The Bertz CT molecular complexity index is 508. The summed E-state index contributed by atoms with van der Waals surface area (Å²) < 4.78 is 13.0. The third kappa shape index (κ3) is 3.22. The Labute approximate surface area is 130 Å². The molecule has 0 aliphatic heterocycles. The lowest BCUT2D eigenvalue weighted by atomic mass is 9.94. The third-order valence-corrected chi connectivity index (χ3v) is 4.85. The van der Waals surface area contributed by atoms with E-state index in [0.29, 0.717) is 6.54 Å². The summed E-state index contributed by atoms with van der Waals surface area (Å²) >= 11 is 0. The molecule has 0 unspecified atom stereocenters. The quantitative estimate of drug-likeness (QED) is 0.898. The van der Waals surface area contributed by atoms with E-state index in [1.165, 1.54) is 12.1 Å². The molecule has 1 aromatic carbocycles. The number of rotatable bonds is 4. The minimum atomic E-state index is -0.668. The van der Waals surface area contributed by atoms with E-state index in [1.54, 1.807) is 0 Å². The molecule has 0 radical (unpaired) electrons. The molecule has 2 saturated carbocycles. The fourth-order valence-electron chi connectivity index (χ4n) is 3.18. The van der Waals surface area contributed by atoms with Gasteiger partial charge >= 0.3 is 0 Å². The van der Waals surface area contributed by atoms with E-state index in [9.17, 15) is 9.18 Å². The summed E-state index contributed by atoms with van der Waals surface area (Å²) in [5.74, 6) is -0.246. The number of carbonyl (C=O) groups is 1. The van der Waals surface area contributed by atoms with Crippen LogP contribution >= 0.6 is 12.4 Å². The van der Waals surface area contributed by atoms with Crippen LogP contribution in [0.5, 0.6) is 0 Å².